The first-order chi connectivity index (χ1) is 20.0. The van der Waals surface area contributed by atoms with Gasteiger partial charge in [-0.3, -0.25) is 4.79 Å². The summed E-state index contributed by atoms with van der Waals surface area (Å²) in [6, 6.07) is 2.62. The Bertz CT molecular complexity index is 1360. The number of aryl methyl sites for hydroxylation is 1. The SMILES string of the molecule is Cc1cc(=O)c2c(O)cc3c(c2o1)CC=C(CO[C@H]1O[C@@H](CO[C@H]2O[C@@H](CO)[C@@H](O)[C@@H](O)[C@H]2O)[C@@H](O)[C@@H](O)[C@H]1O)CO3. The summed E-state index contributed by atoms with van der Waals surface area (Å²) in [6.45, 7) is 0.352. The molecule has 10 atom stereocenters. The van der Waals surface area contributed by atoms with Crippen LogP contribution < -0.4 is 10.2 Å². The van der Waals surface area contributed by atoms with Crippen LogP contribution in [0.5, 0.6) is 11.5 Å². The van der Waals surface area contributed by atoms with Crippen LogP contribution >= 0.6 is 0 Å². The maximum absolute atomic E-state index is 12.4. The Balaban J connectivity index is 1.23. The van der Waals surface area contributed by atoms with Crippen LogP contribution in [-0.2, 0) is 25.4 Å². The van der Waals surface area contributed by atoms with Crippen molar-refractivity contribution in [3.05, 3.63) is 45.3 Å². The zero-order valence-electron chi connectivity index (χ0n) is 22.5. The summed E-state index contributed by atoms with van der Waals surface area (Å²) < 4.78 is 33.6. The molecular formula is C27H34O15. The number of aromatic hydroxyl groups is 1. The van der Waals surface area contributed by atoms with Crippen molar-refractivity contribution >= 4 is 11.0 Å². The van der Waals surface area contributed by atoms with Gasteiger partial charge in [-0.1, -0.05) is 6.08 Å². The van der Waals surface area contributed by atoms with Gasteiger partial charge in [0, 0.05) is 17.7 Å². The van der Waals surface area contributed by atoms with Gasteiger partial charge in [-0.15, -0.1) is 0 Å². The molecule has 2 aromatic rings. The smallest absolute Gasteiger partial charge is 0.196 e. The molecule has 42 heavy (non-hydrogen) atoms. The van der Waals surface area contributed by atoms with Crippen molar-refractivity contribution in [2.45, 2.75) is 74.8 Å². The van der Waals surface area contributed by atoms with E-state index in [4.69, 9.17) is 28.1 Å². The summed E-state index contributed by atoms with van der Waals surface area (Å²) in [6.07, 6.45) is -13.3. The Hall–Kier alpha value is -2.67. The molecule has 0 spiro atoms. The quantitative estimate of drug-likeness (QED) is 0.151. The van der Waals surface area contributed by atoms with Crippen LogP contribution in [0, 0.1) is 6.92 Å². The molecule has 3 aliphatic rings. The first-order valence-electron chi connectivity index (χ1n) is 13.3. The lowest BCUT2D eigenvalue weighted by atomic mass is 9.98. The van der Waals surface area contributed by atoms with E-state index in [2.05, 4.69) is 0 Å². The third kappa shape index (κ3) is 5.91. The topological polar surface area (TPSA) is 238 Å². The van der Waals surface area contributed by atoms with E-state index < -0.39 is 74.6 Å². The number of hydrogen-bond acceptors (Lipinski definition) is 15. The number of allylic oxidation sites excluding steroid dienone is 1. The highest BCUT2D eigenvalue weighted by molar-refractivity contribution is 5.88. The highest BCUT2D eigenvalue weighted by Gasteiger charge is 2.47. The summed E-state index contributed by atoms with van der Waals surface area (Å²) in [5.74, 6) is 0.407. The van der Waals surface area contributed by atoms with Crippen molar-refractivity contribution in [1.82, 2.24) is 0 Å². The predicted octanol–water partition coefficient (Wildman–Crippen LogP) is -2.69. The molecule has 5 rings (SSSR count). The van der Waals surface area contributed by atoms with E-state index in [1.165, 1.54) is 12.1 Å². The number of benzene rings is 1. The number of ether oxygens (including phenoxy) is 5. The minimum atomic E-state index is -1.70. The van der Waals surface area contributed by atoms with Crippen LogP contribution in [0.2, 0.25) is 0 Å². The van der Waals surface area contributed by atoms with Gasteiger partial charge in [0.1, 0.15) is 83.7 Å². The molecule has 0 unspecified atom stereocenters. The molecule has 2 saturated heterocycles. The average Bonchev–Trinajstić information content (AvgIpc) is 3.16. The van der Waals surface area contributed by atoms with Crippen LogP contribution in [0.1, 0.15) is 11.3 Å². The highest BCUT2D eigenvalue weighted by atomic mass is 16.7. The number of aliphatic hydroxyl groups excluding tert-OH is 7. The Morgan fingerprint density at radius 2 is 1.52 bits per heavy atom. The number of phenols is 1. The van der Waals surface area contributed by atoms with Crippen molar-refractivity contribution in [1.29, 1.82) is 0 Å². The van der Waals surface area contributed by atoms with Gasteiger partial charge < -0.3 is 69.0 Å². The normalized spacial score (nSPS) is 35.3. The molecule has 0 aliphatic carbocycles. The molecule has 15 nitrogen and oxygen atoms in total. The van der Waals surface area contributed by atoms with Crippen LogP contribution in [0.4, 0.5) is 0 Å². The van der Waals surface area contributed by atoms with Crippen LogP contribution in [0.15, 0.2) is 33.0 Å². The molecule has 8 N–H and O–H groups in total. The first kappa shape index (κ1) is 30.8. The van der Waals surface area contributed by atoms with Crippen molar-refractivity contribution in [3.8, 4) is 11.5 Å². The summed E-state index contributed by atoms with van der Waals surface area (Å²) in [5, 5.41) is 81.1. The number of rotatable bonds is 7. The third-order valence-corrected chi connectivity index (χ3v) is 7.55. The van der Waals surface area contributed by atoms with E-state index in [-0.39, 0.29) is 41.8 Å². The molecule has 1 aromatic carbocycles. The molecule has 232 valence electrons. The molecule has 15 heteroatoms. The Labute approximate surface area is 238 Å². The highest BCUT2D eigenvalue weighted by Crippen LogP contribution is 2.36. The largest absolute Gasteiger partial charge is 0.507 e. The minimum Gasteiger partial charge on any atom is -0.507 e. The van der Waals surface area contributed by atoms with Gasteiger partial charge in [-0.05, 0) is 18.9 Å². The molecule has 4 heterocycles. The van der Waals surface area contributed by atoms with Gasteiger partial charge in [-0.25, -0.2) is 0 Å². The lowest BCUT2D eigenvalue weighted by molar-refractivity contribution is -0.330. The molecule has 0 saturated carbocycles. The fourth-order valence-electron chi connectivity index (χ4n) is 5.13. The maximum Gasteiger partial charge on any atom is 0.196 e. The second kappa shape index (κ2) is 12.5. The van der Waals surface area contributed by atoms with Gasteiger partial charge in [0.05, 0.1) is 19.8 Å². The summed E-state index contributed by atoms with van der Waals surface area (Å²) in [7, 11) is 0. The monoisotopic (exact) mass is 598 g/mol. The molecule has 3 aliphatic heterocycles. The maximum atomic E-state index is 12.4. The number of aliphatic hydroxyl groups is 7. The zero-order chi connectivity index (χ0) is 30.3. The fraction of sp³-hybridized carbons (Fsp3) is 0.593. The van der Waals surface area contributed by atoms with Crippen molar-refractivity contribution < 1.29 is 69.0 Å². The molecule has 0 amide bonds. The van der Waals surface area contributed by atoms with E-state index >= 15 is 0 Å². The Morgan fingerprint density at radius 3 is 2.21 bits per heavy atom. The lowest BCUT2D eigenvalue weighted by Gasteiger charge is -2.42. The van der Waals surface area contributed by atoms with Gasteiger partial charge >= 0.3 is 0 Å². The van der Waals surface area contributed by atoms with Gasteiger partial charge in [0.2, 0.25) is 0 Å². The summed E-state index contributed by atoms with van der Waals surface area (Å²) in [5.41, 5.74) is 0.967. The summed E-state index contributed by atoms with van der Waals surface area (Å²) in [4.78, 5) is 12.4. The van der Waals surface area contributed by atoms with Gasteiger partial charge in [-0.2, -0.15) is 0 Å². The Kier molecular flexibility index (Phi) is 9.17. The van der Waals surface area contributed by atoms with Gasteiger partial charge in [0.15, 0.2) is 18.0 Å². The van der Waals surface area contributed by atoms with Crippen molar-refractivity contribution in [2.24, 2.45) is 0 Å². The number of hydrogen-bond donors (Lipinski definition) is 8. The van der Waals surface area contributed by atoms with E-state index in [1.807, 2.05) is 0 Å². The average molecular weight is 599 g/mol. The standard InChI is InChI=1S/C27H34O15/c1-10-4-13(29)18-14(30)5-15-12(25(18)40-10)3-2-11(7-37-15)8-38-26-24(36)22(34)20(32)17(42-26)9-39-27-23(35)21(33)19(31)16(6-28)41-27/h2,4-5,16-17,19-24,26-28,30-36H,3,6-9H2,1H3/t16-,17-,19+,20+,21+,22+,23+,24+,26-,27-/m0/s1. The lowest BCUT2D eigenvalue weighted by Crippen LogP contribution is -2.61. The molecule has 2 fully saturated rings. The molecule has 1 aromatic heterocycles. The Morgan fingerprint density at radius 1 is 0.881 bits per heavy atom. The number of fused-ring (bicyclic) bond motifs is 3. The van der Waals surface area contributed by atoms with Crippen molar-refractivity contribution in [2.75, 3.05) is 26.4 Å². The van der Waals surface area contributed by atoms with Crippen LogP contribution in [-0.4, -0.2) is 129 Å². The second-order valence-corrected chi connectivity index (χ2v) is 10.5. The van der Waals surface area contributed by atoms with E-state index in [0.717, 1.165) is 0 Å². The minimum absolute atomic E-state index is 0.0195. The van der Waals surface area contributed by atoms with Crippen LogP contribution in [0.3, 0.4) is 0 Å². The van der Waals surface area contributed by atoms with Crippen molar-refractivity contribution in [3.63, 3.8) is 0 Å². The summed E-state index contributed by atoms with van der Waals surface area (Å²) >= 11 is 0. The van der Waals surface area contributed by atoms with E-state index in [0.29, 0.717) is 22.6 Å². The van der Waals surface area contributed by atoms with E-state index in [1.54, 1.807) is 13.0 Å². The third-order valence-electron chi connectivity index (χ3n) is 7.55. The predicted molar refractivity (Wildman–Crippen MR) is 139 cm³/mol. The molecule has 0 radical (unpaired) electrons. The van der Waals surface area contributed by atoms with Crippen LogP contribution in [0.25, 0.3) is 11.0 Å². The fourth-order valence-corrected chi connectivity index (χ4v) is 5.13. The zero-order valence-corrected chi connectivity index (χ0v) is 22.5. The second-order valence-electron chi connectivity index (χ2n) is 10.5. The van der Waals surface area contributed by atoms with Gasteiger partial charge in [0.25, 0.3) is 0 Å². The molecular weight excluding hydrogens is 564 g/mol. The van der Waals surface area contributed by atoms with E-state index in [9.17, 15) is 45.6 Å². The first-order valence-corrected chi connectivity index (χ1v) is 13.3. The number of phenolic OH excluding ortho intramolecular Hbond substituents is 1. The molecule has 0 bridgehead atoms.